The number of nitriles is 1. The van der Waals surface area contributed by atoms with E-state index in [4.69, 9.17) is 10.00 Å². The Balaban J connectivity index is 1.58. The molecule has 0 saturated carbocycles. The molecular weight excluding hydrogens is 336 g/mol. The van der Waals surface area contributed by atoms with E-state index in [1.165, 1.54) is 6.07 Å². The van der Waals surface area contributed by atoms with Gasteiger partial charge in [-0.15, -0.1) is 0 Å². The monoisotopic (exact) mass is 351 g/mol. The topological polar surface area (TPSA) is 57.9 Å². The van der Waals surface area contributed by atoms with Gasteiger partial charge >= 0.3 is 0 Å². The summed E-state index contributed by atoms with van der Waals surface area (Å²) in [4.78, 5) is 4.56. The molecule has 0 radical (unpaired) electrons. The largest absolute Gasteiger partial charge is 0.371 e. The zero-order chi connectivity index (χ0) is 18.1. The molecule has 26 heavy (non-hydrogen) atoms. The van der Waals surface area contributed by atoms with Crippen molar-refractivity contribution in [3.63, 3.8) is 0 Å². The highest BCUT2D eigenvalue weighted by Gasteiger charge is 2.30. The summed E-state index contributed by atoms with van der Waals surface area (Å²) in [5.74, 6) is -1.08. The van der Waals surface area contributed by atoms with E-state index < -0.39 is 11.6 Å². The Morgan fingerprint density at radius 2 is 1.96 bits per heavy atom. The minimum Gasteiger partial charge on any atom is -0.371 e. The first-order valence-electron chi connectivity index (χ1n) is 8.28. The third-order valence-electron chi connectivity index (χ3n) is 4.52. The summed E-state index contributed by atoms with van der Waals surface area (Å²) in [5, 5.41) is 13.2. The lowest BCUT2D eigenvalue weighted by molar-refractivity contribution is 0.107. The van der Waals surface area contributed by atoms with E-state index in [1.807, 2.05) is 12.1 Å². The number of hydrogen-bond acceptors (Lipinski definition) is 4. The average Bonchev–Trinajstić information content (AvgIpc) is 3.11. The number of fused-ring (bicyclic) bond motifs is 1. The van der Waals surface area contributed by atoms with E-state index >= 15 is 0 Å². The van der Waals surface area contributed by atoms with Crippen molar-refractivity contribution in [3.8, 4) is 6.07 Å². The molecule has 6 heteroatoms. The van der Waals surface area contributed by atoms with E-state index in [0.717, 1.165) is 23.4 Å². The van der Waals surface area contributed by atoms with Crippen LogP contribution in [0.1, 0.15) is 23.7 Å². The summed E-state index contributed by atoms with van der Waals surface area (Å²) in [5.41, 5.74) is 1.96. The van der Waals surface area contributed by atoms with Crippen molar-refractivity contribution < 1.29 is 13.5 Å². The van der Waals surface area contributed by atoms with Crippen LogP contribution in [0.25, 0.3) is 10.9 Å². The van der Waals surface area contributed by atoms with Crippen molar-refractivity contribution in [2.24, 2.45) is 0 Å². The number of hydrogen-bond donors (Lipinski definition) is 1. The van der Waals surface area contributed by atoms with Gasteiger partial charge in [-0.3, -0.25) is 0 Å². The van der Waals surface area contributed by atoms with Gasteiger partial charge in [0.15, 0.2) is 11.6 Å². The standard InChI is InChI=1S/C20H15F2N3O/c21-15-4-2-14(10-16(15)22)20-18(7-8-26-20)25-19-6-3-13-9-12(11-23)1-5-17(13)24-19/h1-6,9-10,18,20H,7-8H2,(H,24,25). The number of anilines is 1. The number of rotatable bonds is 3. The van der Waals surface area contributed by atoms with E-state index in [-0.39, 0.29) is 12.1 Å². The second-order valence-electron chi connectivity index (χ2n) is 6.22. The minimum atomic E-state index is -0.881. The smallest absolute Gasteiger partial charge is 0.159 e. The maximum atomic E-state index is 13.5. The van der Waals surface area contributed by atoms with Gasteiger partial charge in [-0.05, 0) is 54.4 Å². The third-order valence-corrected chi connectivity index (χ3v) is 4.52. The van der Waals surface area contributed by atoms with Crippen molar-refractivity contribution in [3.05, 3.63) is 71.3 Å². The van der Waals surface area contributed by atoms with Crippen LogP contribution in [0.5, 0.6) is 0 Å². The highest BCUT2D eigenvalue weighted by atomic mass is 19.2. The van der Waals surface area contributed by atoms with E-state index in [1.54, 1.807) is 24.3 Å². The molecule has 0 spiro atoms. The number of nitrogens with one attached hydrogen (secondary N) is 1. The summed E-state index contributed by atoms with van der Waals surface area (Å²) in [7, 11) is 0. The zero-order valence-corrected chi connectivity index (χ0v) is 13.7. The molecule has 1 aromatic heterocycles. The van der Waals surface area contributed by atoms with Gasteiger partial charge in [0.05, 0.1) is 23.2 Å². The lowest BCUT2D eigenvalue weighted by Crippen LogP contribution is -2.23. The number of pyridine rings is 1. The lowest BCUT2D eigenvalue weighted by atomic mass is 10.0. The fourth-order valence-corrected chi connectivity index (χ4v) is 3.22. The maximum absolute atomic E-state index is 13.5. The van der Waals surface area contributed by atoms with Crippen molar-refractivity contribution in [1.29, 1.82) is 5.26 Å². The van der Waals surface area contributed by atoms with Crippen molar-refractivity contribution in [2.45, 2.75) is 18.6 Å². The first-order valence-corrected chi connectivity index (χ1v) is 8.28. The van der Waals surface area contributed by atoms with Crippen LogP contribution in [-0.4, -0.2) is 17.6 Å². The first-order chi connectivity index (χ1) is 12.6. The Morgan fingerprint density at radius 1 is 1.08 bits per heavy atom. The number of ether oxygens (including phenoxy) is 1. The number of nitrogens with zero attached hydrogens (tertiary/aromatic N) is 2. The minimum absolute atomic E-state index is 0.0943. The summed E-state index contributed by atoms with van der Waals surface area (Å²) in [6, 6.07) is 14.9. The summed E-state index contributed by atoms with van der Waals surface area (Å²) >= 11 is 0. The van der Waals surface area contributed by atoms with Crippen molar-refractivity contribution in [1.82, 2.24) is 4.98 Å². The fourth-order valence-electron chi connectivity index (χ4n) is 3.22. The van der Waals surface area contributed by atoms with Crippen LogP contribution in [0, 0.1) is 23.0 Å². The maximum Gasteiger partial charge on any atom is 0.159 e. The van der Waals surface area contributed by atoms with Gasteiger partial charge in [-0.1, -0.05) is 6.07 Å². The molecule has 2 atom stereocenters. The predicted molar refractivity (Wildman–Crippen MR) is 93.5 cm³/mol. The number of benzene rings is 2. The van der Waals surface area contributed by atoms with Crippen LogP contribution in [0.15, 0.2) is 48.5 Å². The second kappa shape index (κ2) is 6.70. The Labute approximate surface area is 149 Å². The lowest BCUT2D eigenvalue weighted by Gasteiger charge is -2.21. The summed E-state index contributed by atoms with van der Waals surface area (Å²) in [6.45, 7) is 0.528. The Kier molecular flexibility index (Phi) is 4.23. The Hall–Kier alpha value is -3.04. The van der Waals surface area contributed by atoms with Crippen LogP contribution in [0.3, 0.4) is 0 Å². The van der Waals surface area contributed by atoms with E-state index in [2.05, 4.69) is 16.4 Å². The Bertz CT molecular complexity index is 1020. The molecule has 1 aliphatic heterocycles. The van der Waals surface area contributed by atoms with Gasteiger partial charge in [0, 0.05) is 12.0 Å². The fraction of sp³-hybridized carbons (Fsp3) is 0.200. The first kappa shape index (κ1) is 16.4. The summed E-state index contributed by atoms with van der Waals surface area (Å²) < 4.78 is 32.4. The molecule has 1 aliphatic rings. The molecule has 0 bridgehead atoms. The van der Waals surface area contributed by atoms with Crippen molar-refractivity contribution in [2.75, 3.05) is 11.9 Å². The highest BCUT2D eigenvalue weighted by molar-refractivity contribution is 5.81. The van der Waals surface area contributed by atoms with Gasteiger partial charge in [-0.2, -0.15) is 5.26 Å². The molecule has 1 N–H and O–H groups in total. The molecular formula is C20H15F2N3O. The molecule has 1 saturated heterocycles. The number of aromatic nitrogens is 1. The van der Waals surface area contributed by atoms with Gasteiger partial charge in [0.25, 0.3) is 0 Å². The Morgan fingerprint density at radius 3 is 2.77 bits per heavy atom. The van der Waals surface area contributed by atoms with E-state index in [0.29, 0.717) is 23.6 Å². The van der Waals surface area contributed by atoms with Gasteiger partial charge < -0.3 is 10.1 Å². The van der Waals surface area contributed by atoms with Crippen molar-refractivity contribution >= 4 is 16.7 Å². The van der Waals surface area contributed by atoms with Crippen LogP contribution in [-0.2, 0) is 4.74 Å². The average molecular weight is 351 g/mol. The second-order valence-corrected chi connectivity index (χ2v) is 6.22. The molecule has 4 nitrogen and oxygen atoms in total. The molecule has 2 heterocycles. The predicted octanol–water partition coefficient (Wildman–Crippen LogP) is 4.33. The highest BCUT2D eigenvalue weighted by Crippen LogP contribution is 2.32. The summed E-state index contributed by atoms with van der Waals surface area (Å²) in [6.07, 6.45) is 0.361. The molecule has 2 unspecified atom stereocenters. The normalized spacial score (nSPS) is 19.4. The van der Waals surface area contributed by atoms with Crippen LogP contribution in [0.4, 0.5) is 14.6 Å². The quantitative estimate of drug-likeness (QED) is 0.763. The van der Waals surface area contributed by atoms with E-state index in [9.17, 15) is 8.78 Å². The third kappa shape index (κ3) is 3.09. The number of halogens is 2. The molecule has 130 valence electrons. The van der Waals surface area contributed by atoms with Gasteiger partial charge in [-0.25, -0.2) is 13.8 Å². The SMILES string of the molecule is N#Cc1ccc2nc(NC3CCOC3c3ccc(F)c(F)c3)ccc2c1. The molecule has 1 fully saturated rings. The van der Waals surface area contributed by atoms with Gasteiger partial charge in [0.2, 0.25) is 0 Å². The van der Waals surface area contributed by atoms with Crippen LogP contribution in [0.2, 0.25) is 0 Å². The zero-order valence-electron chi connectivity index (χ0n) is 13.7. The molecule has 2 aromatic carbocycles. The molecule has 0 amide bonds. The molecule has 0 aliphatic carbocycles. The van der Waals surface area contributed by atoms with Gasteiger partial charge in [0.1, 0.15) is 11.9 Å². The van der Waals surface area contributed by atoms with Crippen LogP contribution < -0.4 is 5.32 Å². The van der Waals surface area contributed by atoms with Crippen LogP contribution >= 0.6 is 0 Å². The molecule has 4 rings (SSSR count). The molecule has 3 aromatic rings.